The van der Waals surface area contributed by atoms with Crippen molar-refractivity contribution in [3.63, 3.8) is 0 Å². The number of hydrogen-bond acceptors (Lipinski definition) is 13. The average Bonchev–Trinajstić information content (AvgIpc) is 4.10. The summed E-state index contributed by atoms with van der Waals surface area (Å²) in [5.74, 6) is -0.0223. The van der Waals surface area contributed by atoms with Gasteiger partial charge in [-0.05, 0) is 83.1 Å². The largest absolute Gasteiger partial charge is 0.463 e. The second-order valence-electron chi connectivity index (χ2n) is 17.1. The maximum Gasteiger partial charge on any atom is 0.317 e. The van der Waals surface area contributed by atoms with Crippen molar-refractivity contribution in [3.8, 4) is 6.01 Å². The lowest BCUT2D eigenvalue weighted by atomic mass is 10.0. The summed E-state index contributed by atoms with van der Waals surface area (Å²) in [4.78, 5) is 81.2. The van der Waals surface area contributed by atoms with Gasteiger partial charge in [0.25, 0.3) is 0 Å². The van der Waals surface area contributed by atoms with E-state index < -0.39 is 5.82 Å². The number of aromatic nitrogens is 3. The Morgan fingerprint density at radius 2 is 1.70 bits per heavy atom. The van der Waals surface area contributed by atoms with E-state index in [1.165, 1.54) is 13.0 Å². The summed E-state index contributed by atoms with van der Waals surface area (Å²) in [7, 11) is 3.16. The summed E-state index contributed by atoms with van der Waals surface area (Å²) < 4.78 is 20.1. The number of urea groups is 1. The van der Waals surface area contributed by atoms with Gasteiger partial charge >= 0.3 is 12.0 Å². The molecule has 4 heterocycles. The zero-order chi connectivity index (χ0) is 45.6. The molecule has 19 heteroatoms. The van der Waals surface area contributed by atoms with Crippen LogP contribution in [0.4, 0.5) is 14.9 Å². The number of likely N-dealkylation sites (tertiary alicyclic amines) is 1. The highest BCUT2D eigenvalue weighted by molar-refractivity contribution is 8.77. The fourth-order valence-electron chi connectivity index (χ4n) is 7.72. The number of carbonyl (C=O) groups is 5. The molecule has 2 saturated heterocycles. The van der Waals surface area contributed by atoms with Crippen LogP contribution in [0.2, 0.25) is 0 Å². The number of Topliss-reactive ketones (excluding diaryl/α,β-unsaturated/α-hetero) is 1. The summed E-state index contributed by atoms with van der Waals surface area (Å²) in [5.41, 5.74) is 5.56. The first-order valence-electron chi connectivity index (χ1n) is 21.9. The number of anilines is 1. The first kappa shape index (κ1) is 48.3. The van der Waals surface area contributed by atoms with E-state index in [0.717, 1.165) is 37.9 Å². The van der Waals surface area contributed by atoms with Crippen LogP contribution in [0.15, 0.2) is 60.2 Å². The number of benzene rings is 1. The van der Waals surface area contributed by atoms with Gasteiger partial charge in [0.15, 0.2) is 0 Å². The number of halogens is 1. The summed E-state index contributed by atoms with van der Waals surface area (Å²) in [6, 6.07) is 8.67. The molecule has 0 bridgehead atoms. The zero-order valence-corrected chi connectivity index (χ0v) is 38.6. The second-order valence-corrected chi connectivity index (χ2v) is 20.2. The third-order valence-corrected chi connectivity index (χ3v) is 14.8. The molecule has 3 fully saturated rings. The Kier molecular flexibility index (Phi) is 17.5. The van der Waals surface area contributed by atoms with Crippen molar-refractivity contribution >= 4 is 62.5 Å². The Morgan fingerprint density at radius 1 is 0.953 bits per heavy atom. The van der Waals surface area contributed by atoms with Crippen molar-refractivity contribution in [2.24, 2.45) is 11.0 Å². The monoisotopic (exact) mass is 918 g/mol. The lowest BCUT2D eigenvalue weighted by Crippen LogP contribution is -2.55. The standard InChI is InChI=1S/C45H59FN10O6S2/c1-30(57)7-6-21-62-43-48-28-34(29-49-43)31(2)52-53-40(58)25-45(3,4)64-63-22-13-41(59)55-19-17-54(18-20-55)36-11-15-56(16-12-36)44(61)50-27-33-9-10-35(23-39(33)46)51-42(60)38-24-37(38)32-8-5-14-47-26-32/h5,8-10,14,23,26,28-29,36-38H,6-7,11-13,15-22,24-25,27H2,1-4H3,(H,50,61)(H,51,60)(H,53,58)/b52-31+/t37-,38+/m1/s1. The van der Waals surface area contributed by atoms with E-state index >= 15 is 0 Å². The molecule has 344 valence electrons. The molecule has 3 N–H and O–H groups in total. The molecule has 6 rings (SSSR count). The van der Waals surface area contributed by atoms with Gasteiger partial charge in [0, 0.05) is 129 Å². The van der Waals surface area contributed by atoms with Crippen LogP contribution in [0, 0.1) is 11.7 Å². The Hall–Kier alpha value is -5.14. The molecule has 64 heavy (non-hydrogen) atoms. The van der Waals surface area contributed by atoms with E-state index in [-0.39, 0.29) is 65.1 Å². The van der Waals surface area contributed by atoms with Gasteiger partial charge in [-0.3, -0.25) is 24.3 Å². The molecule has 2 aromatic heterocycles. The van der Waals surface area contributed by atoms with Crippen molar-refractivity contribution in [2.75, 3.05) is 56.9 Å². The SMILES string of the molecule is CC(=O)CCCOc1ncc(/C(C)=N/NC(=O)CC(C)(C)SSCCC(=O)N2CCN(C3CCN(C(=O)NCc4ccc(NC(=O)[C@H]5C[C@@H]5c5cccnc5)cc4F)CC3)CC2)cn1. The Morgan fingerprint density at radius 3 is 2.39 bits per heavy atom. The number of nitrogens with one attached hydrogen (secondary N) is 3. The molecule has 2 atom stereocenters. The van der Waals surface area contributed by atoms with Gasteiger partial charge in [-0.25, -0.2) is 24.6 Å². The fraction of sp³-hybridized carbons (Fsp3) is 0.533. The molecule has 16 nitrogen and oxygen atoms in total. The van der Waals surface area contributed by atoms with Gasteiger partial charge in [0.1, 0.15) is 11.6 Å². The molecule has 3 aromatic rings. The minimum Gasteiger partial charge on any atom is -0.463 e. The molecule has 0 unspecified atom stereocenters. The number of hydrazone groups is 1. The molecule has 2 aliphatic heterocycles. The maximum absolute atomic E-state index is 15.0. The van der Waals surface area contributed by atoms with E-state index in [4.69, 9.17) is 4.74 Å². The highest BCUT2D eigenvalue weighted by Crippen LogP contribution is 2.47. The normalized spacial score (nSPS) is 18.3. The van der Waals surface area contributed by atoms with E-state index in [2.05, 4.69) is 41.0 Å². The minimum absolute atomic E-state index is 0.0416. The second kappa shape index (κ2) is 23.2. The number of amides is 5. The van der Waals surface area contributed by atoms with Gasteiger partial charge in [-0.15, -0.1) is 0 Å². The number of ether oxygens (including phenoxy) is 1. The number of piperazine rings is 1. The Bertz CT molecular complexity index is 2120. The molecule has 0 radical (unpaired) electrons. The quantitative estimate of drug-likeness (QED) is 0.0536. The van der Waals surface area contributed by atoms with Crippen LogP contribution in [0.5, 0.6) is 6.01 Å². The summed E-state index contributed by atoms with van der Waals surface area (Å²) in [6.45, 7) is 11.7. The van der Waals surface area contributed by atoms with Crippen molar-refractivity contribution in [3.05, 3.63) is 77.6 Å². The maximum atomic E-state index is 15.0. The molecular formula is C45H59FN10O6S2. The van der Waals surface area contributed by atoms with E-state index in [0.29, 0.717) is 86.4 Å². The molecule has 0 spiro atoms. The molecule has 1 aliphatic carbocycles. The van der Waals surface area contributed by atoms with Crippen molar-refractivity contribution in [2.45, 2.75) is 95.9 Å². The van der Waals surface area contributed by atoms with Crippen molar-refractivity contribution in [1.29, 1.82) is 0 Å². The van der Waals surface area contributed by atoms with Crippen LogP contribution in [0.25, 0.3) is 0 Å². The number of ketones is 1. The van der Waals surface area contributed by atoms with E-state index in [1.54, 1.807) is 70.3 Å². The van der Waals surface area contributed by atoms with Crippen LogP contribution in [0.1, 0.15) is 95.2 Å². The van der Waals surface area contributed by atoms with Gasteiger partial charge < -0.3 is 30.0 Å². The summed E-state index contributed by atoms with van der Waals surface area (Å²) in [5, 5.41) is 9.88. The highest BCUT2D eigenvalue weighted by atomic mass is 33.1. The molecule has 5 amide bonds. The predicted molar refractivity (Wildman–Crippen MR) is 246 cm³/mol. The van der Waals surface area contributed by atoms with E-state index in [9.17, 15) is 28.4 Å². The Labute approximate surface area is 382 Å². The van der Waals surface area contributed by atoms with Gasteiger partial charge in [0.2, 0.25) is 17.7 Å². The average molecular weight is 919 g/mol. The number of carbonyl (C=O) groups excluding carboxylic acids is 5. The van der Waals surface area contributed by atoms with Crippen LogP contribution in [-0.4, -0.2) is 127 Å². The smallest absolute Gasteiger partial charge is 0.317 e. The van der Waals surface area contributed by atoms with Crippen molar-refractivity contribution < 1.29 is 33.1 Å². The number of pyridine rings is 1. The van der Waals surface area contributed by atoms with Crippen LogP contribution in [0.3, 0.4) is 0 Å². The van der Waals surface area contributed by atoms with Gasteiger partial charge in [-0.2, -0.15) is 5.10 Å². The predicted octanol–water partition coefficient (Wildman–Crippen LogP) is 5.80. The van der Waals surface area contributed by atoms with Gasteiger partial charge in [-0.1, -0.05) is 33.7 Å². The Balaban J connectivity index is 0.809. The number of hydrogen-bond donors (Lipinski definition) is 3. The number of rotatable bonds is 20. The number of piperidine rings is 1. The lowest BCUT2D eigenvalue weighted by molar-refractivity contribution is -0.133. The molecule has 1 saturated carbocycles. The third kappa shape index (κ3) is 14.7. The van der Waals surface area contributed by atoms with Gasteiger partial charge in [0.05, 0.1) is 12.3 Å². The topological polar surface area (TPSA) is 191 Å². The summed E-state index contributed by atoms with van der Waals surface area (Å²) >= 11 is 0. The first-order valence-corrected chi connectivity index (χ1v) is 24.2. The minimum atomic E-state index is -0.492. The van der Waals surface area contributed by atoms with Crippen LogP contribution >= 0.6 is 21.6 Å². The number of nitrogens with zero attached hydrogens (tertiary/aromatic N) is 7. The fourth-order valence-corrected chi connectivity index (χ4v) is 10.2. The molecule has 1 aromatic carbocycles. The molecule has 3 aliphatic rings. The zero-order valence-electron chi connectivity index (χ0n) is 37.0. The molecular weight excluding hydrogens is 860 g/mol. The third-order valence-electron chi connectivity index (χ3n) is 11.5. The van der Waals surface area contributed by atoms with Crippen LogP contribution in [-0.2, 0) is 25.7 Å². The first-order chi connectivity index (χ1) is 30.7. The highest BCUT2D eigenvalue weighted by Gasteiger charge is 2.44. The lowest BCUT2D eigenvalue weighted by Gasteiger charge is -2.42. The van der Waals surface area contributed by atoms with Crippen molar-refractivity contribution in [1.82, 2.24) is 40.4 Å². The van der Waals surface area contributed by atoms with E-state index in [1.807, 2.05) is 30.9 Å². The summed E-state index contributed by atoms with van der Waals surface area (Å²) in [6.07, 6.45) is 10.7. The van der Waals surface area contributed by atoms with Crippen LogP contribution < -0.4 is 20.8 Å².